The molecule has 3 nitrogen and oxygen atoms in total. The van der Waals surface area contributed by atoms with Crippen molar-refractivity contribution >= 4 is 15.9 Å². The normalized spacial score (nSPS) is 10.4. The standard InChI is InChI=1S/C8H11BrN2O/c1-5(2)7-8(12-3)11-6(9)4-10-7/h4-5H,1-3H3. The van der Waals surface area contributed by atoms with E-state index in [1.807, 2.05) is 0 Å². The number of aromatic nitrogens is 2. The molecular formula is C8H11BrN2O. The molecule has 0 aromatic carbocycles. The molecule has 0 N–H and O–H groups in total. The van der Waals surface area contributed by atoms with Gasteiger partial charge in [0.1, 0.15) is 10.3 Å². The molecule has 0 aliphatic heterocycles. The summed E-state index contributed by atoms with van der Waals surface area (Å²) in [7, 11) is 1.60. The van der Waals surface area contributed by atoms with Gasteiger partial charge in [0.05, 0.1) is 13.3 Å². The van der Waals surface area contributed by atoms with Crippen molar-refractivity contribution in [3.63, 3.8) is 0 Å². The summed E-state index contributed by atoms with van der Waals surface area (Å²) >= 11 is 3.23. The van der Waals surface area contributed by atoms with E-state index >= 15 is 0 Å². The van der Waals surface area contributed by atoms with E-state index in [-0.39, 0.29) is 0 Å². The maximum absolute atomic E-state index is 5.08. The average Bonchev–Trinajstić information content (AvgIpc) is 2.03. The van der Waals surface area contributed by atoms with Crippen molar-refractivity contribution < 1.29 is 4.74 Å². The highest BCUT2D eigenvalue weighted by molar-refractivity contribution is 9.10. The summed E-state index contributed by atoms with van der Waals surface area (Å²) in [6, 6.07) is 0. The second kappa shape index (κ2) is 3.85. The van der Waals surface area contributed by atoms with E-state index < -0.39 is 0 Å². The van der Waals surface area contributed by atoms with Crippen LogP contribution in [0.1, 0.15) is 25.5 Å². The van der Waals surface area contributed by atoms with Crippen LogP contribution in [-0.2, 0) is 0 Å². The number of ether oxygens (including phenoxy) is 1. The zero-order chi connectivity index (χ0) is 9.14. The van der Waals surface area contributed by atoms with E-state index in [4.69, 9.17) is 4.74 Å². The number of halogens is 1. The third-order valence-electron chi connectivity index (χ3n) is 1.48. The van der Waals surface area contributed by atoms with E-state index in [0.717, 1.165) is 5.69 Å². The first-order chi connectivity index (χ1) is 5.65. The molecule has 0 spiro atoms. The van der Waals surface area contributed by atoms with Gasteiger partial charge in [-0.05, 0) is 15.9 Å². The molecule has 0 bridgehead atoms. The molecule has 0 radical (unpaired) electrons. The predicted molar refractivity (Wildman–Crippen MR) is 50.4 cm³/mol. The van der Waals surface area contributed by atoms with Gasteiger partial charge in [-0.2, -0.15) is 0 Å². The number of methoxy groups -OCH3 is 1. The van der Waals surface area contributed by atoms with Crippen molar-refractivity contribution in [1.29, 1.82) is 0 Å². The highest BCUT2D eigenvalue weighted by atomic mass is 79.9. The van der Waals surface area contributed by atoms with Gasteiger partial charge in [0.2, 0.25) is 5.88 Å². The molecule has 0 aliphatic carbocycles. The lowest BCUT2D eigenvalue weighted by Gasteiger charge is -2.08. The summed E-state index contributed by atoms with van der Waals surface area (Å²) < 4.78 is 5.78. The Balaban J connectivity index is 3.11. The SMILES string of the molecule is COc1nc(Br)cnc1C(C)C. The molecule has 1 heterocycles. The van der Waals surface area contributed by atoms with Crippen LogP contribution in [0, 0.1) is 0 Å². The molecule has 0 aliphatic rings. The van der Waals surface area contributed by atoms with E-state index in [0.29, 0.717) is 16.4 Å². The fourth-order valence-electron chi connectivity index (χ4n) is 0.907. The fourth-order valence-corrected chi connectivity index (χ4v) is 1.17. The Hall–Kier alpha value is -0.640. The largest absolute Gasteiger partial charge is 0.480 e. The van der Waals surface area contributed by atoms with Crippen LogP contribution in [0.4, 0.5) is 0 Å². The van der Waals surface area contributed by atoms with Gasteiger partial charge in [-0.3, -0.25) is 4.98 Å². The molecule has 0 atom stereocenters. The van der Waals surface area contributed by atoms with Gasteiger partial charge in [0.15, 0.2) is 0 Å². The Kier molecular flexibility index (Phi) is 3.03. The molecule has 1 aromatic heterocycles. The van der Waals surface area contributed by atoms with Gasteiger partial charge >= 0.3 is 0 Å². The smallest absolute Gasteiger partial charge is 0.236 e. The van der Waals surface area contributed by atoms with E-state index in [9.17, 15) is 0 Å². The zero-order valence-corrected chi connectivity index (χ0v) is 8.92. The summed E-state index contributed by atoms with van der Waals surface area (Å²) in [5.41, 5.74) is 0.890. The number of hydrogen-bond acceptors (Lipinski definition) is 3. The average molecular weight is 231 g/mol. The lowest BCUT2D eigenvalue weighted by molar-refractivity contribution is 0.385. The third-order valence-corrected chi connectivity index (χ3v) is 1.86. The predicted octanol–water partition coefficient (Wildman–Crippen LogP) is 2.37. The van der Waals surface area contributed by atoms with Crippen LogP contribution in [0.5, 0.6) is 5.88 Å². The first-order valence-corrected chi connectivity index (χ1v) is 4.51. The van der Waals surface area contributed by atoms with Gasteiger partial charge in [-0.1, -0.05) is 13.8 Å². The molecule has 1 rings (SSSR count). The molecule has 0 saturated heterocycles. The highest BCUT2D eigenvalue weighted by Crippen LogP contribution is 2.22. The monoisotopic (exact) mass is 230 g/mol. The molecule has 12 heavy (non-hydrogen) atoms. The van der Waals surface area contributed by atoms with Crippen molar-refractivity contribution in [2.45, 2.75) is 19.8 Å². The molecule has 66 valence electrons. The summed E-state index contributed by atoms with van der Waals surface area (Å²) in [6.45, 7) is 4.11. The van der Waals surface area contributed by atoms with Crippen LogP contribution >= 0.6 is 15.9 Å². The first-order valence-electron chi connectivity index (χ1n) is 3.71. The second-order valence-corrected chi connectivity index (χ2v) is 3.55. The number of rotatable bonds is 2. The summed E-state index contributed by atoms with van der Waals surface area (Å²) in [4.78, 5) is 8.36. The summed E-state index contributed by atoms with van der Waals surface area (Å²) in [5.74, 6) is 0.930. The lowest BCUT2D eigenvalue weighted by Crippen LogP contribution is -2.00. The highest BCUT2D eigenvalue weighted by Gasteiger charge is 2.10. The van der Waals surface area contributed by atoms with Crippen molar-refractivity contribution in [2.24, 2.45) is 0 Å². The molecule has 0 fully saturated rings. The van der Waals surface area contributed by atoms with Gasteiger partial charge in [0, 0.05) is 5.92 Å². The van der Waals surface area contributed by atoms with Gasteiger partial charge in [0.25, 0.3) is 0 Å². The van der Waals surface area contributed by atoms with Crippen LogP contribution in [-0.4, -0.2) is 17.1 Å². The van der Waals surface area contributed by atoms with Crippen LogP contribution in [0.25, 0.3) is 0 Å². The molecule has 0 amide bonds. The van der Waals surface area contributed by atoms with Crippen LogP contribution in [0.15, 0.2) is 10.8 Å². The number of nitrogens with zero attached hydrogens (tertiary/aromatic N) is 2. The van der Waals surface area contributed by atoms with Crippen LogP contribution in [0.3, 0.4) is 0 Å². The molecular weight excluding hydrogens is 220 g/mol. The van der Waals surface area contributed by atoms with Gasteiger partial charge in [-0.15, -0.1) is 0 Å². The topological polar surface area (TPSA) is 35.0 Å². The van der Waals surface area contributed by atoms with Crippen molar-refractivity contribution in [3.05, 3.63) is 16.5 Å². The van der Waals surface area contributed by atoms with E-state index in [1.54, 1.807) is 13.3 Å². The maximum Gasteiger partial charge on any atom is 0.236 e. The minimum atomic E-state index is 0.334. The van der Waals surface area contributed by atoms with Gasteiger partial charge in [-0.25, -0.2) is 4.98 Å². The van der Waals surface area contributed by atoms with Crippen LogP contribution < -0.4 is 4.74 Å². The molecule has 4 heteroatoms. The van der Waals surface area contributed by atoms with E-state index in [2.05, 4.69) is 39.7 Å². The fraction of sp³-hybridized carbons (Fsp3) is 0.500. The Morgan fingerprint density at radius 1 is 1.50 bits per heavy atom. The third kappa shape index (κ3) is 1.94. The minimum Gasteiger partial charge on any atom is -0.480 e. The van der Waals surface area contributed by atoms with E-state index in [1.165, 1.54) is 0 Å². The van der Waals surface area contributed by atoms with Crippen molar-refractivity contribution in [2.75, 3.05) is 7.11 Å². The Bertz CT molecular complexity index is 276. The molecule has 0 saturated carbocycles. The second-order valence-electron chi connectivity index (χ2n) is 2.74. The molecule has 1 aromatic rings. The maximum atomic E-state index is 5.08. The Labute approximate surface area is 80.3 Å². The summed E-state index contributed by atoms with van der Waals surface area (Å²) in [5, 5.41) is 0. The molecule has 0 unspecified atom stereocenters. The zero-order valence-electron chi connectivity index (χ0n) is 7.34. The Morgan fingerprint density at radius 3 is 2.67 bits per heavy atom. The van der Waals surface area contributed by atoms with Crippen molar-refractivity contribution in [3.8, 4) is 5.88 Å². The lowest BCUT2D eigenvalue weighted by atomic mass is 10.1. The quantitative estimate of drug-likeness (QED) is 0.783. The number of hydrogen-bond donors (Lipinski definition) is 0. The van der Waals surface area contributed by atoms with Gasteiger partial charge < -0.3 is 4.74 Å². The minimum absolute atomic E-state index is 0.334. The van der Waals surface area contributed by atoms with Crippen LogP contribution in [0.2, 0.25) is 0 Å². The summed E-state index contributed by atoms with van der Waals surface area (Å²) in [6.07, 6.45) is 1.68. The first kappa shape index (κ1) is 9.45. The van der Waals surface area contributed by atoms with Crippen molar-refractivity contribution in [1.82, 2.24) is 9.97 Å². The Morgan fingerprint density at radius 2 is 2.17 bits per heavy atom.